The fraction of sp³-hybridized carbons (Fsp3) is 0.593. The molecule has 5 nitrogen and oxygen atoms in total. The number of halogens is 1. The number of aliphatic hydroxyl groups excluding tert-OH is 2. The third-order valence-corrected chi connectivity index (χ3v) is 7.20. The van der Waals surface area contributed by atoms with E-state index in [1.807, 2.05) is 18.2 Å². The Morgan fingerprint density at radius 3 is 2.26 bits per heavy atom. The SMILES string of the molecule is CCC1(CC)CC(C)(OC)CC(c2cc(C)c(F)c(C)c2)=C1C=CC(O)CC(O)CC(=O)O.[H-].[Na+]. The van der Waals surface area contributed by atoms with Gasteiger partial charge in [0.1, 0.15) is 5.82 Å². The molecule has 1 aromatic rings. The number of rotatable bonds is 10. The maximum atomic E-state index is 14.4. The zero-order valence-corrected chi connectivity index (χ0v) is 23.7. The number of ether oxygens (including phenoxy) is 1. The van der Waals surface area contributed by atoms with Gasteiger partial charge in [-0.15, -0.1) is 0 Å². The first-order valence-corrected chi connectivity index (χ1v) is 11.7. The third-order valence-electron chi connectivity index (χ3n) is 7.20. The van der Waals surface area contributed by atoms with Gasteiger partial charge in [0.2, 0.25) is 0 Å². The van der Waals surface area contributed by atoms with Crippen LogP contribution in [0.2, 0.25) is 0 Å². The number of aryl methyl sites for hydroxylation is 2. The number of allylic oxidation sites excluding steroid dienone is 2. The van der Waals surface area contributed by atoms with Crippen molar-refractivity contribution < 1.29 is 60.2 Å². The van der Waals surface area contributed by atoms with Gasteiger partial charge in [-0.3, -0.25) is 4.79 Å². The van der Waals surface area contributed by atoms with Gasteiger partial charge in [-0.2, -0.15) is 0 Å². The van der Waals surface area contributed by atoms with Crippen LogP contribution in [-0.2, 0) is 9.53 Å². The Kier molecular flexibility index (Phi) is 11.7. The second-order valence-corrected chi connectivity index (χ2v) is 9.73. The predicted octanol–water partition coefficient (Wildman–Crippen LogP) is 2.46. The molecular weight excluding hydrogens is 446 g/mol. The molecule has 0 aromatic heterocycles. The molecule has 0 bridgehead atoms. The van der Waals surface area contributed by atoms with Gasteiger partial charge < -0.3 is 21.5 Å². The zero-order valence-electron chi connectivity index (χ0n) is 22.7. The van der Waals surface area contributed by atoms with E-state index in [-0.39, 0.29) is 54.2 Å². The Morgan fingerprint density at radius 1 is 1.24 bits per heavy atom. The van der Waals surface area contributed by atoms with Crippen LogP contribution in [-0.4, -0.2) is 46.2 Å². The molecule has 0 radical (unpaired) electrons. The molecular formula is C27H40FNaO5. The van der Waals surface area contributed by atoms with E-state index in [1.165, 1.54) is 0 Å². The molecule has 0 saturated carbocycles. The molecule has 0 fully saturated rings. The average molecular weight is 487 g/mol. The fourth-order valence-electron chi connectivity index (χ4n) is 5.19. The molecule has 0 heterocycles. The van der Waals surface area contributed by atoms with Crippen molar-refractivity contribution in [3.8, 4) is 0 Å². The zero-order chi connectivity index (χ0) is 25.0. The number of carboxylic acid groups (broad SMARTS) is 1. The molecule has 0 spiro atoms. The van der Waals surface area contributed by atoms with Gasteiger partial charge in [0, 0.05) is 20.0 Å². The summed E-state index contributed by atoms with van der Waals surface area (Å²) < 4.78 is 20.4. The number of carboxylic acids is 1. The topological polar surface area (TPSA) is 87.0 Å². The van der Waals surface area contributed by atoms with Gasteiger partial charge in [-0.05, 0) is 85.4 Å². The maximum Gasteiger partial charge on any atom is 1.00 e. The van der Waals surface area contributed by atoms with Crippen molar-refractivity contribution in [2.45, 2.75) is 91.0 Å². The molecule has 0 amide bonds. The molecule has 0 saturated heterocycles. The van der Waals surface area contributed by atoms with Crippen molar-refractivity contribution in [1.29, 1.82) is 0 Å². The van der Waals surface area contributed by atoms with Gasteiger partial charge in [-0.1, -0.05) is 26.0 Å². The predicted molar refractivity (Wildman–Crippen MR) is 130 cm³/mol. The summed E-state index contributed by atoms with van der Waals surface area (Å²) in [6, 6.07) is 3.74. The van der Waals surface area contributed by atoms with E-state index in [4.69, 9.17) is 9.84 Å². The van der Waals surface area contributed by atoms with E-state index in [0.29, 0.717) is 17.5 Å². The number of benzene rings is 1. The number of aliphatic carboxylic acids is 1. The molecule has 3 N–H and O–H groups in total. The number of carbonyl (C=O) groups is 1. The molecule has 7 heteroatoms. The quantitative estimate of drug-likeness (QED) is 0.443. The minimum absolute atomic E-state index is 0. The Labute approximate surface area is 226 Å². The Hall–Kier alpha value is -1.02. The van der Waals surface area contributed by atoms with Crippen molar-refractivity contribution in [2.24, 2.45) is 5.41 Å². The van der Waals surface area contributed by atoms with E-state index >= 15 is 0 Å². The number of hydrogen-bond donors (Lipinski definition) is 3. The summed E-state index contributed by atoms with van der Waals surface area (Å²) in [6.45, 7) is 9.92. The van der Waals surface area contributed by atoms with Crippen LogP contribution in [0.4, 0.5) is 4.39 Å². The summed E-state index contributed by atoms with van der Waals surface area (Å²) in [6.07, 6.45) is 4.18. The number of aliphatic hydroxyl groups is 2. The van der Waals surface area contributed by atoms with Crippen LogP contribution >= 0.6 is 0 Å². The van der Waals surface area contributed by atoms with E-state index in [9.17, 15) is 19.4 Å². The van der Waals surface area contributed by atoms with Crippen LogP contribution in [0.25, 0.3) is 5.57 Å². The van der Waals surface area contributed by atoms with Gasteiger partial charge in [0.05, 0.1) is 24.2 Å². The van der Waals surface area contributed by atoms with E-state index in [2.05, 4.69) is 20.8 Å². The van der Waals surface area contributed by atoms with Gasteiger partial charge in [0.15, 0.2) is 0 Å². The van der Waals surface area contributed by atoms with Crippen LogP contribution in [0.15, 0.2) is 29.9 Å². The Balaban J connectivity index is 0.00000578. The van der Waals surface area contributed by atoms with Crippen molar-refractivity contribution in [1.82, 2.24) is 0 Å². The number of methoxy groups -OCH3 is 1. The Bertz CT molecular complexity index is 905. The van der Waals surface area contributed by atoms with Crippen LogP contribution < -0.4 is 29.6 Å². The summed E-state index contributed by atoms with van der Waals surface area (Å²) >= 11 is 0. The van der Waals surface area contributed by atoms with Crippen LogP contribution in [0.1, 0.15) is 77.4 Å². The largest absolute Gasteiger partial charge is 1.00 e. The molecule has 0 aliphatic heterocycles. The van der Waals surface area contributed by atoms with Crippen molar-refractivity contribution in [3.63, 3.8) is 0 Å². The standard InChI is InChI=1S/C27H39FO5.Na.H/c1-7-27(8-2)16-26(5,33-6)15-22(19-11-17(3)25(28)18(4)12-19)23(27)10-9-20(29)13-21(30)14-24(31)32;;/h9-12,20-21,29-30H,7-8,13-16H2,1-6H3,(H,31,32);;/q;+1;-1. The molecule has 186 valence electrons. The first-order valence-electron chi connectivity index (χ1n) is 11.7. The fourth-order valence-corrected chi connectivity index (χ4v) is 5.19. The summed E-state index contributed by atoms with van der Waals surface area (Å²) in [4.78, 5) is 10.8. The normalized spacial score (nSPS) is 21.9. The van der Waals surface area contributed by atoms with Crippen LogP contribution in [0.5, 0.6) is 0 Å². The first-order chi connectivity index (χ1) is 15.4. The molecule has 1 aromatic carbocycles. The van der Waals surface area contributed by atoms with E-state index in [0.717, 1.165) is 36.0 Å². The molecule has 2 rings (SSSR count). The van der Waals surface area contributed by atoms with E-state index < -0.39 is 24.6 Å². The minimum Gasteiger partial charge on any atom is -1.00 e. The summed E-state index contributed by atoms with van der Waals surface area (Å²) in [5.41, 5.74) is 3.67. The molecule has 1 aliphatic carbocycles. The van der Waals surface area contributed by atoms with Gasteiger partial charge in [0.25, 0.3) is 0 Å². The molecule has 34 heavy (non-hydrogen) atoms. The van der Waals surface area contributed by atoms with Gasteiger partial charge in [-0.25, -0.2) is 4.39 Å². The van der Waals surface area contributed by atoms with Crippen LogP contribution in [0, 0.1) is 25.1 Å². The third kappa shape index (κ3) is 7.25. The smallest absolute Gasteiger partial charge is 1.00 e. The van der Waals surface area contributed by atoms with E-state index in [1.54, 1.807) is 27.0 Å². The minimum atomic E-state index is -1.12. The summed E-state index contributed by atoms with van der Waals surface area (Å²) in [5.74, 6) is -1.31. The second kappa shape index (κ2) is 12.8. The van der Waals surface area contributed by atoms with Crippen LogP contribution in [0.3, 0.4) is 0 Å². The molecule has 1 aliphatic rings. The van der Waals surface area contributed by atoms with Gasteiger partial charge >= 0.3 is 35.5 Å². The van der Waals surface area contributed by atoms with Crippen molar-refractivity contribution in [2.75, 3.05) is 7.11 Å². The Morgan fingerprint density at radius 2 is 1.79 bits per heavy atom. The number of hydrogen-bond acceptors (Lipinski definition) is 4. The molecule has 3 unspecified atom stereocenters. The maximum absolute atomic E-state index is 14.4. The summed E-state index contributed by atoms with van der Waals surface area (Å²) in [5, 5.41) is 29.2. The summed E-state index contributed by atoms with van der Waals surface area (Å²) in [7, 11) is 1.73. The average Bonchev–Trinajstić information content (AvgIpc) is 2.74. The second-order valence-electron chi connectivity index (χ2n) is 9.73. The monoisotopic (exact) mass is 486 g/mol. The van der Waals surface area contributed by atoms with Crippen molar-refractivity contribution in [3.05, 3.63) is 52.4 Å². The van der Waals surface area contributed by atoms with Crippen molar-refractivity contribution >= 4 is 11.5 Å². The first kappa shape index (κ1) is 31.0. The molecule has 3 atom stereocenters.